The van der Waals surface area contributed by atoms with Gasteiger partial charge in [0.15, 0.2) is 6.61 Å². The number of benzene rings is 1. The van der Waals surface area contributed by atoms with Crippen LogP contribution < -0.4 is 0 Å². The van der Waals surface area contributed by atoms with E-state index in [1.807, 2.05) is 30.5 Å². The van der Waals surface area contributed by atoms with Gasteiger partial charge in [0.25, 0.3) is 0 Å². The zero-order chi connectivity index (χ0) is 20.3. The normalized spacial score (nSPS) is 12.0. The Morgan fingerprint density at radius 1 is 1.11 bits per heavy atom. The van der Waals surface area contributed by atoms with Crippen LogP contribution in [0.1, 0.15) is 37.9 Å². The molecule has 0 aliphatic carbocycles. The van der Waals surface area contributed by atoms with E-state index in [4.69, 9.17) is 9.15 Å². The maximum atomic E-state index is 12.6. The summed E-state index contributed by atoms with van der Waals surface area (Å²) in [6.45, 7) is 3.90. The molecule has 3 rings (SSSR count). The second-order valence-corrected chi connectivity index (χ2v) is 7.75. The summed E-state index contributed by atoms with van der Waals surface area (Å²) in [5.41, 5.74) is 2.41. The number of carbonyl (C=O) groups excluding carboxylic acids is 2. The highest BCUT2D eigenvalue weighted by Crippen LogP contribution is 2.19. The average molecular weight is 399 g/mol. The SMILES string of the molecule is Cc1cc(C(=O)COC(=O)c2ccccc2[S@@](C)=O)c(C)n1Cc1ccco1. The molecule has 0 spiro atoms. The van der Waals surface area contributed by atoms with E-state index in [9.17, 15) is 13.8 Å². The molecule has 0 saturated heterocycles. The fourth-order valence-corrected chi connectivity index (χ4v) is 3.79. The molecule has 1 atom stereocenters. The summed E-state index contributed by atoms with van der Waals surface area (Å²) in [6.07, 6.45) is 3.10. The third-order valence-electron chi connectivity index (χ3n) is 4.52. The van der Waals surface area contributed by atoms with Crippen molar-refractivity contribution in [1.82, 2.24) is 4.57 Å². The van der Waals surface area contributed by atoms with Crippen molar-refractivity contribution in [2.45, 2.75) is 25.3 Å². The van der Waals surface area contributed by atoms with Crippen LogP contribution in [0.4, 0.5) is 0 Å². The number of aromatic nitrogens is 1. The van der Waals surface area contributed by atoms with Crippen LogP contribution in [0, 0.1) is 13.8 Å². The Bertz CT molecular complexity index is 1030. The highest BCUT2D eigenvalue weighted by molar-refractivity contribution is 7.84. The zero-order valence-electron chi connectivity index (χ0n) is 15.9. The second-order valence-electron chi connectivity index (χ2n) is 6.40. The van der Waals surface area contributed by atoms with Crippen molar-refractivity contribution in [1.29, 1.82) is 0 Å². The van der Waals surface area contributed by atoms with Crippen molar-refractivity contribution in [2.75, 3.05) is 12.9 Å². The van der Waals surface area contributed by atoms with E-state index in [-0.39, 0.29) is 18.0 Å². The van der Waals surface area contributed by atoms with E-state index < -0.39 is 16.8 Å². The van der Waals surface area contributed by atoms with E-state index in [0.717, 1.165) is 17.1 Å². The van der Waals surface area contributed by atoms with Gasteiger partial charge in [-0.3, -0.25) is 9.00 Å². The van der Waals surface area contributed by atoms with E-state index in [2.05, 4.69) is 0 Å². The van der Waals surface area contributed by atoms with Gasteiger partial charge in [-0.25, -0.2) is 4.79 Å². The summed E-state index contributed by atoms with van der Waals surface area (Å²) in [7, 11) is -1.33. The lowest BCUT2D eigenvalue weighted by Gasteiger charge is -2.09. The predicted molar refractivity (Wildman–Crippen MR) is 105 cm³/mol. The molecule has 0 bridgehead atoms. The first-order valence-electron chi connectivity index (χ1n) is 8.70. The fraction of sp³-hybridized carbons (Fsp3) is 0.238. The maximum Gasteiger partial charge on any atom is 0.339 e. The molecule has 0 aliphatic rings. The van der Waals surface area contributed by atoms with E-state index in [1.165, 1.54) is 6.26 Å². The fourth-order valence-electron chi connectivity index (χ4n) is 3.06. The van der Waals surface area contributed by atoms with Crippen molar-refractivity contribution in [3.8, 4) is 0 Å². The molecule has 0 N–H and O–H groups in total. The Morgan fingerprint density at radius 3 is 2.54 bits per heavy atom. The average Bonchev–Trinajstić information content (AvgIpc) is 3.29. The zero-order valence-corrected chi connectivity index (χ0v) is 16.7. The number of furan rings is 1. The Balaban J connectivity index is 1.72. The summed E-state index contributed by atoms with van der Waals surface area (Å²) >= 11 is 0. The third kappa shape index (κ3) is 4.14. The van der Waals surface area contributed by atoms with E-state index >= 15 is 0 Å². The highest BCUT2D eigenvalue weighted by Gasteiger charge is 2.20. The number of ether oxygens (including phenoxy) is 1. The van der Waals surface area contributed by atoms with Crippen molar-refractivity contribution >= 4 is 22.6 Å². The number of carbonyl (C=O) groups is 2. The lowest BCUT2D eigenvalue weighted by Crippen LogP contribution is -2.16. The second kappa shape index (κ2) is 8.39. The van der Waals surface area contributed by atoms with Crippen molar-refractivity contribution in [3.05, 3.63) is 77.0 Å². The number of aryl methyl sites for hydroxylation is 1. The molecule has 0 fully saturated rings. The van der Waals surface area contributed by atoms with Crippen molar-refractivity contribution in [3.63, 3.8) is 0 Å². The molecule has 6 nitrogen and oxygen atoms in total. The number of hydrogen-bond donors (Lipinski definition) is 0. The summed E-state index contributed by atoms with van der Waals surface area (Å²) in [5.74, 6) is -0.165. The number of ketones is 1. The van der Waals surface area contributed by atoms with Crippen LogP contribution in [-0.2, 0) is 22.1 Å². The monoisotopic (exact) mass is 399 g/mol. The lowest BCUT2D eigenvalue weighted by atomic mass is 10.1. The van der Waals surface area contributed by atoms with Gasteiger partial charge in [-0.05, 0) is 44.2 Å². The minimum absolute atomic E-state index is 0.208. The molecule has 2 heterocycles. The van der Waals surface area contributed by atoms with Gasteiger partial charge >= 0.3 is 5.97 Å². The molecule has 2 aromatic heterocycles. The van der Waals surface area contributed by atoms with Gasteiger partial charge < -0.3 is 13.7 Å². The first kappa shape index (κ1) is 19.8. The molecular formula is C21H21NO5S. The van der Waals surface area contributed by atoms with Crippen molar-refractivity contribution in [2.24, 2.45) is 0 Å². The Labute approximate surface area is 165 Å². The van der Waals surface area contributed by atoms with Crippen LogP contribution >= 0.6 is 0 Å². The van der Waals surface area contributed by atoms with Gasteiger partial charge in [0.05, 0.1) is 34.1 Å². The van der Waals surface area contributed by atoms with Crippen LogP contribution in [0.5, 0.6) is 0 Å². The molecular weight excluding hydrogens is 378 g/mol. The molecule has 1 aromatic carbocycles. The van der Waals surface area contributed by atoms with Gasteiger partial charge in [-0.1, -0.05) is 12.1 Å². The molecule has 28 heavy (non-hydrogen) atoms. The standard InChI is InChI=1S/C21H21NO5S/c1-14-11-18(15(2)22(14)12-16-7-6-10-26-16)19(23)13-27-21(24)17-8-4-5-9-20(17)28(3)25/h4-11H,12-13H2,1-3H3/t28-/m1/s1. The molecule has 0 saturated carbocycles. The van der Waals surface area contributed by atoms with Gasteiger partial charge in [-0.15, -0.1) is 0 Å². The lowest BCUT2D eigenvalue weighted by molar-refractivity contribution is 0.0471. The molecule has 7 heteroatoms. The first-order valence-corrected chi connectivity index (χ1v) is 10.3. The molecule has 146 valence electrons. The van der Waals surface area contributed by atoms with Crippen LogP contribution in [0.2, 0.25) is 0 Å². The van der Waals surface area contributed by atoms with Gasteiger partial charge in [-0.2, -0.15) is 0 Å². The van der Waals surface area contributed by atoms with Gasteiger partial charge in [0, 0.05) is 23.2 Å². The topological polar surface area (TPSA) is 78.5 Å². The Hall–Kier alpha value is -2.93. The summed E-state index contributed by atoms with van der Waals surface area (Å²) in [5, 5.41) is 0. The third-order valence-corrected chi connectivity index (χ3v) is 5.49. The van der Waals surface area contributed by atoms with Crippen LogP contribution in [-0.4, -0.2) is 33.4 Å². The molecule has 0 radical (unpaired) electrons. The molecule has 0 amide bonds. The van der Waals surface area contributed by atoms with E-state index in [0.29, 0.717) is 17.0 Å². The maximum absolute atomic E-state index is 12.6. The molecule has 0 unspecified atom stereocenters. The van der Waals surface area contributed by atoms with Gasteiger partial charge in [0.2, 0.25) is 5.78 Å². The molecule has 3 aromatic rings. The molecule has 0 aliphatic heterocycles. The quantitative estimate of drug-likeness (QED) is 0.449. The number of Topliss-reactive ketones (excluding diaryl/α,β-unsaturated/α-hetero) is 1. The Kier molecular flexibility index (Phi) is 5.94. The highest BCUT2D eigenvalue weighted by atomic mass is 32.2. The number of esters is 1. The largest absolute Gasteiger partial charge is 0.467 e. The summed E-state index contributed by atoms with van der Waals surface area (Å²) in [4.78, 5) is 25.3. The number of rotatable bonds is 7. The minimum Gasteiger partial charge on any atom is -0.467 e. The van der Waals surface area contributed by atoms with Crippen LogP contribution in [0.3, 0.4) is 0 Å². The number of hydrogen-bond acceptors (Lipinski definition) is 5. The van der Waals surface area contributed by atoms with Crippen LogP contribution in [0.15, 0.2) is 58.0 Å². The summed E-state index contributed by atoms with van der Waals surface area (Å²) in [6, 6.07) is 12.0. The van der Waals surface area contributed by atoms with Gasteiger partial charge in [0.1, 0.15) is 5.76 Å². The first-order chi connectivity index (χ1) is 13.4. The number of nitrogens with zero attached hydrogens (tertiary/aromatic N) is 1. The minimum atomic E-state index is -1.33. The van der Waals surface area contributed by atoms with Crippen molar-refractivity contribution < 1.29 is 23.0 Å². The van der Waals surface area contributed by atoms with E-state index in [1.54, 1.807) is 36.6 Å². The van der Waals surface area contributed by atoms with Crippen LogP contribution in [0.25, 0.3) is 0 Å². The Morgan fingerprint density at radius 2 is 1.86 bits per heavy atom. The smallest absolute Gasteiger partial charge is 0.339 e. The summed E-state index contributed by atoms with van der Waals surface area (Å²) < 4.78 is 24.3. The predicted octanol–water partition coefficient (Wildman–Crippen LogP) is 3.52.